The molecule has 0 aliphatic rings. The summed E-state index contributed by atoms with van der Waals surface area (Å²) in [5.74, 6) is 0.681. The number of carbonyl (C=O) groups excluding carboxylic acids is 1. The van der Waals surface area contributed by atoms with Crippen LogP contribution in [0.1, 0.15) is 130 Å². The number of rotatable bonds is 31. The minimum atomic E-state index is -0.117. The van der Waals surface area contributed by atoms with Crippen molar-refractivity contribution in [2.24, 2.45) is 5.92 Å². The second-order valence-electron chi connectivity index (χ2n) is 10.6. The van der Waals surface area contributed by atoms with Crippen LogP contribution in [0, 0.1) is 5.92 Å². The fraction of sp³-hybridized carbons (Fsp3) is 0.968. The predicted molar refractivity (Wildman–Crippen MR) is 153 cm³/mol. The van der Waals surface area contributed by atoms with Crippen LogP contribution in [0.5, 0.6) is 0 Å². The number of unbranched alkanes of at least 4 members (excludes halogenated alkanes) is 12. The summed E-state index contributed by atoms with van der Waals surface area (Å²) in [6.45, 7) is 12.2. The number of hydrogen-bond donors (Lipinski definition) is 0. The van der Waals surface area contributed by atoms with Gasteiger partial charge in [-0.3, -0.25) is 4.79 Å². The van der Waals surface area contributed by atoms with E-state index in [1.807, 2.05) is 0 Å². The van der Waals surface area contributed by atoms with Gasteiger partial charge >= 0.3 is 5.97 Å². The molecule has 0 saturated carbocycles. The smallest absolute Gasteiger partial charge is 0.305 e. The zero-order chi connectivity index (χ0) is 27.1. The molecule has 0 aliphatic carbocycles. The summed E-state index contributed by atoms with van der Waals surface area (Å²) in [4.78, 5) is 11.7. The normalized spacial score (nSPS) is 11.5. The van der Waals surface area contributed by atoms with Crippen molar-refractivity contribution in [3.8, 4) is 0 Å². The third-order valence-corrected chi connectivity index (χ3v) is 6.37. The van der Waals surface area contributed by atoms with Crippen LogP contribution in [0.2, 0.25) is 0 Å². The Bertz CT molecular complexity index is 443. The van der Waals surface area contributed by atoms with Gasteiger partial charge in [0.1, 0.15) is 0 Å². The summed E-state index contributed by atoms with van der Waals surface area (Å²) in [6, 6.07) is 0. The maximum Gasteiger partial charge on any atom is 0.305 e. The van der Waals surface area contributed by atoms with E-state index in [-0.39, 0.29) is 5.97 Å². The molecule has 0 unspecified atom stereocenters. The number of carbonyl (C=O) groups is 1. The van der Waals surface area contributed by atoms with E-state index in [2.05, 4.69) is 20.8 Å². The highest BCUT2D eigenvalue weighted by atomic mass is 16.6. The average Bonchev–Trinajstić information content (AvgIpc) is 2.88. The van der Waals surface area contributed by atoms with Gasteiger partial charge in [0.05, 0.1) is 46.2 Å². The third-order valence-electron chi connectivity index (χ3n) is 6.37. The van der Waals surface area contributed by atoms with Gasteiger partial charge in [-0.05, 0) is 25.2 Å². The van der Waals surface area contributed by atoms with Crippen LogP contribution in [0.4, 0.5) is 0 Å². The van der Waals surface area contributed by atoms with Gasteiger partial charge in [0, 0.05) is 19.6 Å². The molecule has 0 bridgehead atoms. The number of ether oxygens (including phenoxy) is 5. The standard InChI is InChI=1S/C31H62O6/c1-4-5-6-7-8-9-10-13-16-21-33-24-26-35-28-29-36-27-25-34-22-18-20-31(32)37-23-17-14-11-12-15-19-30(2)3/h30H,4-29H2,1-3H3. The lowest BCUT2D eigenvalue weighted by Crippen LogP contribution is -2.12. The molecular weight excluding hydrogens is 468 g/mol. The molecule has 0 fully saturated rings. The Morgan fingerprint density at radius 1 is 0.486 bits per heavy atom. The lowest BCUT2D eigenvalue weighted by atomic mass is 10.0. The largest absolute Gasteiger partial charge is 0.466 e. The molecule has 0 aliphatic heterocycles. The second-order valence-corrected chi connectivity index (χ2v) is 10.6. The maximum atomic E-state index is 11.7. The van der Waals surface area contributed by atoms with E-state index in [0.717, 1.165) is 31.8 Å². The first-order valence-corrected chi connectivity index (χ1v) is 15.6. The SMILES string of the molecule is CCCCCCCCCCCOCCOCCOCCOCCCC(=O)OCCCCCCCC(C)C. The van der Waals surface area contributed by atoms with Crippen molar-refractivity contribution in [3.05, 3.63) is 0 Å². The van der Waals surface area contributed by atoms with Gasteiger partial charge in [0.25, 0.3) is 0 Å². The van der Waals surface area contributed by atoms with Crippen molar-refractivity contribution >= 4 is 5.97 Å². The molecule has 0 aromatic heterocycles. The Labute approximate surface area is 229 Å². The number of esters is 1. The second kappa shape index (κ2) is 31.5. The van der Waals surface area contributed by atoms with Gasteiger partial charge in [-0.25, -0.2) is 0 Å². The van der Waals surface area contributed by atoms with E-state index in [1.165, 1.54) is 77.0 Å². The van der Waals surface area contributed by atoms with Crippen molar-refractivity contribution in [2.45, 2.75) is 130 Å². The van der Waals surface area contributed by atoms with E-state index in [9.17, 15) is 4.79 Å². The first-order chi connectivity index (χ1) is 18.2. The molecule has 6 heteroatoms. The van der Waals surface area contributed by atoms with E-state index in [0.29, 0.717) is 65.7 Å². The summed E-state index contributed by atoms with van der Waals surface area (Å²) in [5.41, 5.74) is 0. The van der Waals surface area contributed by atoms with Crippen molar-refractivity contribution in [1.29, 1.82) is 0 Å². The van der Waals surface area contributed by atoms with Crippen molar-refractivity contribution in [1.82, 2.24) is 0 Å². The van der Waals surface area contributed by atoms with E-state index in [4.69, 9.17) is 23.7 Å². The highest BCUT2D eigenvalue weighted by molar-refractivity contribution is 5.69. The molecule has 6 nitrogen and oxygen atoms in total. The Morgan fingerprint density at radius 3 is 1.41 bits per heavy atom. The minimum Gasteiger partial charge on any atom is -0.466 e. The third kappa shape index (κ3) is 33.3. The fourth-order valence-corrected chi connectivity index (χ4v) is 4.04. The monoisotopic (exact) mass is 530 g/mol. The van der Waals surface area contributed by atoms with Crippen LogP contribution in [0.15, 0.2) is 0 Å². The molecule has 0 rings (SSSR count). The quantitative estimate of drug-likeness (QED) is 0.0670. The maximum absolute atomic E-state index is 11.7. The zero-order valence-corrected chi connectivity index (χ0v) is 24.9. The number of hydrogen-bond acceptors (Lipinski definition) is 6. The molecule has 0 aromatic rings. The Hall–Kier alpha value is -0.690. The zero-order valence-electron chi connectivity index (χ0n) is 24.9. The van der Waals surface area contributed by atoms with E-state index < -0.39 is 0 Å². The Kier molecular flexibility index (Phi) is 30.9. The van der Waals surface area contributed by atoms with Gasteiger partial charge in [-0.15, -0.1) is 0 Å². The molecular formula is C31H62O6. The molecule has 0 aromatic carbocycles. The molecule has 222 valence electrons. The van der Waals surface area contributed by atoms with E-state index >= 15 is 0 Å². The first-order valence-electron chi connectivity index (χ1n) is 15.6. The Balaban J connectivity index is 3.12. The minimum absolute atomic E-state index is 0.117. The van der Waals surface area contributed by atoms with Crippen LogP contribution in [-0.4, -0.2) is 65.4 Å². The van der Waals surface area contributed by atoms with Crippen LogP contribution in [0.25, 0.3) is 0 Å². The molecule has 0 heterocycles. The van der Waals surface area contributed by atoms with Crippen LogP contribution >= 0.6 is 0 Å². The highest BCUT2D eigenvalue weighted by Crippen LogP contribution is 2.11. The molecule has 0 saturated heterocycles. The molecule has 0 amide bonds. The van der Waals surface area contributed by atoms with Crippen LogP contribution < -0.4 is 0 Å². The van der Waals surface area contributed by atoms with E-state index in [1.54, 1.807) is 0 Å². The summed E-state index contributed by atoms with van der Waals surface area (Å²) in [5, 5.41) is 0. The average molecular weight is 531 g/mol. The van der Waals surface area contributed by atoms with Gasteiger partial charge in [0.15, 0.2) is 0 Å². The first kappa shape index (κ1) is 36.3. The van der Waals surface area contributed by atoms with Gasteiger partial charge in [-0.1, -0.05) is 104 Å². The summed E-state index contributed by atoms with van der Waals surface area (Å²) >= 11 is 0. The molecule has 37 heavy (non-hydrogen) atoms. The van der Waals surface area contributed by atoms with Crippen molar-refractivity contribution < 1.29 is 28.5 Å². The topological polar surface area (TPSA) is 63.2 Å². The van der Waals surface area contributed by atoms with Gasteiger partial charge in [-0.2, -0.15) is 0 Å². The lowest BCUT2D eigenvalue weighted by molar-refractivity contribution is -0.144. The van der Waals surface area contributed by atoms with Crippen LogP contribution in [0.3, 0.4) is 0 Å². The predicted octanol–water partition coefficient (Wildman–Crippen LogP) is 7.90. The summed E-state index contributed by atoms with van der Waals surface area (Å²) < 4.78 is 27.5. The van der Waals surface area contributed by atoms with Crippen molar-refractivity contribution in [2.75, 3.05) is 59.5 Å². The lowest BCUT2D eigenvalue weighted by Gasteiger charge is -2.08. The highest BCUT2D eigenvalue weighted by Gasteiger charge is 2.03. The molecule has 0 radical (unpaired) electrons. The van der Waals surface area contributed by atoms with Gasteiger partial charge < -0.3 is 23.7 Å². The molecule has 0 spiro atoms. The van der Waals surface area contributed by atoms with Gasteiger partial charge in [0.2, 0.25) is 0 Å². The van der Waals surface area contributed by atoms with Crippen LogP contribution in [-0.2, 0) is 28.5 Å². The molecule has 0 N–H and O–H groups in total. The summed E-state index contributed by atoms with van der Waals surface area (Å²) in [6.07, 6.45) is 20.4. The molecule has 0 atom stereocenters. The summed E-state index contributed by atoms with van der Waals surface area (Å²) in [7, 11) is 0. The van der Waals surface area contributed by atoms with Crippen molar-refractivity contribution in [3.63, 3.8) is 0 Å². The fourth-order valence-electron chi connectivity index (χ4n) is 4.04. The Morgan fingerprint density at radius 2 is 0.892 bits per heavy atom.